The van der Waals surface area contributed by atoms with E-state index in [0.717, 1.165) is 48.0 Å². The lowest BCUT2D eigenvalue weighted by Crippen LogP contribution is -2.40. The Morgan fingerprint density at radius 2 is 2.04 bits per heavy atom. The van der Waals surface area contributed by atoms with Crippen LogP contribution in [0.4, 0.5) is 0 Å². The first-order chi connectivity index (χ1) is 11.2. The van der Waals surface area contributed by atoms with Gasteiger partial charge in [-0.3, -0.25) is 4.79 Å². The molecule has 0 spiro atoms. The molecule has 0 radical (unpaired) electrons. The fourth-order valence-corrected chi connectivity index (χ4v) is 3.39. The molecule has 1 aliphatic heterocycles. The summed E-state index contributed by atoms with van der Waals surface area (Å²) in [5, 5.41) is 2.15. The first-order valence-electron chi connectivity index (χ1n) is 8.28. The third-order valence-electron chi connectivity index (χ3n) is 4.68. The van der Waals surface area contributed by atoms with Crippen molar-refractivity contribution in [3.8, 4) is 5.75 Å². The number of nitrogens with zero attached hydrogens (tertiary/aromatic N) is 1. The minimum absolute atomic E-state index is 0.129. The van der Waals surface area contributed by atoms with E-state index >= 15 is 0 Å². The number of methoxy groups -OCH3 is 1. The SMILES string of the molecule is COc1ccc2cc(C(=O)N3CCCC(CCN)C3)ccc2c1. The number of hydrogen-bond acceptors (Lipinski definition) is 3. The van der Waals surface area contributed by atoms with Gasteiger partial charge in [-0.25, -0.2) is 0 Å². The lowest BCUT2D eigenvalue weighted by atomic mass is 9.94. The Bertz CT molecular complexity index is 697. The number of piperidine rings is 1. The standard InChI is InChI=1S/C19H24N2O2/c1-23-18-7-6-15-11-17(5-4-16(15)12-18)19(22)21-10-2-3-14(13-21)8-9-20/h4-7,11-12,14H,2-3,8-10,13,20H2,1H3. The van der Waals surface area contributed by atoms with Crippen LogP contribution in [0.2, 0.25) is 0 Å². The predicted molar refractivity (Wildman–Crippen MR) is 92.8 cm³/mol. The molecule has 1 atom stereocenters. The highest BCUT2D eigenvalue weighted by Gasteiger charge is 2.24. The summed E-state index contributed by atoms with van der Waals surface area (Å²) in [5.41, 5.74) is 6.42. The zero-order valence-corrected chi connectivity index (χ0v) is 13.6. The first-order valence-corrected chi connectivity index (χ1v) is 8.28. The maximum Gasteiger partial charge on any atom is 0.253 e. The largest absolute Gasteiger partial charge is 0.497 e. The van der Waals surface area contributed by atoms with Gasteiger partial charge in [-0.1, -0.05) is 12.1 Å². The predicted octanol–water partition coefficient (Wildman–Crippen LogP) is 3.05. The van der Waals surface area contributed by atoms with E-state index in [9.17, 15) is 4.79 Å². The van der Waals surface area contributed by atoms with Gasteiger partial charge in [-0.2, -0.15) is 0 Å². The molecule has 1 fully saturated rings. The van der Waals surface area contributed by atoms with E-state index < -0.39 is 0 Å². The van der Waals surface area contributed by atoms with Crippen molar-refractivity contribution in [2.75, 3.05) is 26.7 Å². The zero-order valence-electron chi connectivity index (χ0n) is 13.6. The average Bonchev–Trinajstić information content (AvgIpc) is 2.60. The molecule has 1 saturated heterocycles. The molecule has 4 nitrogen and oxygen atoms in total. The molecule has 1 unspecified atom stereocenters. The first kappa shape index (κ1) is 15.8. The van der Waals surface area contributed by atoms with E-state index in [1.807, 2.05) is 41.3 Å². The number of likely N-dealkylation sites (tertiary alicyclic amines) is 1. The number of rotatable bonds is 4. The van der Waals surface area contributed by atoms with E-state index in [0.29, 0.717) is 12.5 Å². The van der Waals surface area contributed by atoms with Crippen LogP contribution in [-0.2, 0) is 0 Å². The minimum atomic E-state index is 0.129. The van der Waals surface area contributed by atoms with E-state index in [1.54, 1.807) is 7.11 Å². The van der Waals surface area contributed by atoms with Crippen LogP contribution in [0.25, 0.3) is 10.8 Å². The van der Waals surface area contributed by atoms with Gasteiger partial charge in [-0.05, 0) is 66.8 Å². The second-order valence-corrected chi connectivity index (χ2v) is 6.26. The van der Waals surface area contributed by atoms with Gasteiger partial charge in [0.15, 0.2) is 0 Å². The van der Waals surface area contributed by atoms with Gasteiger partial charge in [0.25, 0.3) is 5.91 Å². The second kappa shape index (κ2) is 7.01. The highest BCUT2D eigenvalue weighted by atomic mass is 16.5. The van der Waals surface area contributed by atoms with Crippen LogP contribution >= 0.6 is 0 Å². The fraction of sp³-hybridized carbons (Fsp3) is 0.421. The molecule has 4 heteroatoms. The number of amides is 1. The average molecular weight is 312 g/mol. The van der Waals surface area contributed by atoms with Crippen molar-refractivity contribution < 1.29 is 9.53 Å². The molecular weight excluding hydrogens is 288 g/mol. The summed E-state index contributed by atoms with van der Waals surface area (Å²) in [6.45, 7) is 2.38. The van der Waals surface area contributed by atoms with Crippen molar-refractivity contribution in [3.63, 3.8) is 0 Å². The molecule has 3 rings (SSSR count). The summed E-state index contributed by atoms with van der Waals surface area (Å²) in [6.07, 6.45) is 3.25. The second-order valence-electron chi connectivity index (χ2n) is 6.26. The molecule has 1 amide bonds. The van der Waals surface area contributed by atoms with Crippen LogP contribution in [-0.4, -0.2) is 37.6 Å². The Kier molecular flexibility index (Phi) is 4.82. The highest BCUT2D eigenvalue weighted by molar-refractivity contribution is 5.98. The lowest BCUT2D eigenvalue weighted by Gasteiger charge is -2.32. The number of fused-ring (bicyclic) bond motifs is 1. The molecule has 0 saturated carbocycles. The molecule has 0 aliphatic carbocycles. The number of benzene rings is 2. The highest BCUT2D eigenvalue weighted by Crippen LogP contribution is 2.24. The maximum atomic E-state index is 12.8. The van der Waals surface area contributed by atoms with Crippen LogP contribution < -0.4 is 10.5 Å². The zero-order chi connectivity index (χ0) is 16.2. The number of hydrogen-bond donors (Lipinski definition) is 1. The summed E-state index contributed by atoms with van der Waals surface area (Å²) < 4.78 is 5.24. The van der Waals surface area contributed by atoms with Gasteiger partial charge in [0.05, 0.1) is 7.11 Å². The summed E-state index contributed by atoms with van der Waals surface area (Å²) in [7, 11) is 1.66. The molecule has 0 aromatic heterocycles. The van der Waals surface area contributed by atoms with Gasteiger partial charge < -0.3 is 15.4 Å². The summed E-state index contributed by atoms with van der Waals surface area (Å²) >= 11 is 0. The van der Waals surface area contributed by atoms with Crippen LogP contribution in [0.15, 0.2) is 36.4 Å². The van der Waals surface area contributed by atoms with E-state index in [1.165, 1.54) is 6.42 Å². The van der Waals surface area contributed by atoms with E-state index in [2.05, 4.69) is 0 Å². The third-order valence-corrected chi connectivity index (χ3v) is 4.68. The maximum absolute atomic E-state index is 12.8. The lowest BCUT2D eigenvalue weighted by molar-refractivity contribution is 0.0669. The fourth-order valence-electron chi connectivity index (χ4n) is 3.39. The smallest absolute Gasteiger partial charge is 0.253 e. The molecule has 0 bridgehead atoms. The molecule has 1 heterocycles. The number of carbonyl (C=O) groups is 1. The number of ether oxygens (including phenoxy) is 1. The summed E-state index contributed by atoms with van der Waals surface area (Å²) in [5.74, 6) is 1.50. The summed E-state index contributed by atoms with van der Waals surface area (Å²) in [4.78, 5) is 14.8. The van der Waals surface area contributed by atoms with E-state index in [-0.39, 0.29) is 5.91 Å². The van der Waals surface area contributed by atoms with E-state index in [4.69, 9.17) is 10.5 Å². The molecule has 23 heavy (non-hydrogen) atoms. The normalized spacial score (nSPS) is 18.2. The van der Waals surface area contributed by atoms with Gasteiger partial charge in [0, 0.05) is 18.7 Å². The Hall–Kier alpha value is -2.07. The van der Waals surface area contributed by atoms with Crippen LogP contribution in [0.3, 0.4) is 0 Å². The van der Waals surface area contributed by atoms with Crippen molar-refractivity contribution in [3.05, 3.63) is 42.0 Å². The van der Waals surface area contributed by atoms with Crippen LogP contribution in [0, 0.1) is 5.92 Å². The van der Waals surface area contributed by atoms with Crippen molar-refractivity contribution in [2.45, 2.75) is 19.3 Å². The van der Waals surface area contributed by atoms with Gasteiger partial charge in [-0.15, -0.1) is 0 Å². The van der Waals surface area contributed by atoms with Crippen molar-refractivity contribution in [1.29, 1.82) is 0 Å². The van der Waals surface area contributed by atoms with Crippen molar-refractivity contribution in [2.24, 2.45) is 11.7 Å². The number of carbonyl (C=O) groups excluding carboxylic acids is 1. The molecule has 2 aromatic carbocycles. The number of nitrogens with two attached hydrogens (primary N) is 1. The quantitative estimate of drug-likeness (QED) is 0.944. The molecule has 2 aromatic rings. The molecular formula is C19H24N2O2. The third kappa shape index (κ3) is 3.48. The van der Waals surface area contributed by atoms with Crippen molar-refractivity contribution >= 4 is 16.7 Å². The van der Waals surface area contributed by atoms with Crippen LogP contribution in [0.5, 0.6) is 5.75 Å². The Morgan fingerprint density at radius 1 is 1.26 bits per heavy atom. The molecule has 122 valence electrons. The topological polar surface area (TPSA) is 55.6 Å². The van der Waals surface area contributed by atoms with Gasteiger partial charge >= 0.3 is 0 Å². The molecule has 2 N–H and O–H groups in total. The summed E-state index contributed by atoms with van der Waals surface area (Å²) in [6, 6.07) is 11.8. The molecule has 1 aliphatic rings. The van der Waals surface area contributed by atoms with Crippen LogP contribution in [0.1, 0.15) is 29.6 Å². The Labute approximate surface area is 137 Å². The Balaban J connectivity index is 1.80. The van der Waals surface area contributed by atoms with Gasteiger partial charge in [0.2, 0.25) is 0 Å². The monoisotopic (exact) mass is 312 g/mol. The van der Waals surface area contributed by atoms with Gasteiger partial charge in [0.1, 0.15) is 5.75 Å². The van der Waals surface area contributed by atoms with Crippen molar-refractivity contribution in [1.82, 2.24) is 4.90 Å². The minimum Gasteiger partial charge on any atom is -0.497 e. The Morgan fingerprint density at radius 3 is 2.83 bits per heavy atom.